The van der Waals surface area contributed by atoms with Gasteiger partial charge in [0.15, 0.2) is 0 Å². The van der Waals surface area contributed by atoms with Gasteiger partial charge in [0, 0.05) is 13.2 Å². The van der Waals surface area contributed by atoms with E-state index in [4.69, 9.17) is 9.84 Å². The highest BCUT2D eigenvalue weighted by Crippen LogP contribution is 2.32. The van der Waals surface area contributed by atoms with Gasteiger partial charge in [0.2, 0.25) is 0 Å². The summed E-state index contributed by atoms with van der Waals surface area (Å²) in [6.07, 6.45) is 2.18. The Bertz CT molecular complexity index is 143. The molecule has 1 N–H and O–H groups in total. The van der Waals surface area contributed by atoms with Gasteiger partial charge in [-0.25, -0.2) is 0 Å². The van der Waals surface area contributed by atoms with Crippen LogP contribution in [-0.2, 0) is 4.74 Å². The highest BCUT2D eigenvalue weighted by molar-refractivity contribution is 4.81. The Balaban J connectivity index is 2.46. The molecule has 0 aromatic carbocycles. The number of aliphatic hydroxyl groups excluding tert-OH is 1. The zero-order valence-electron chi connectivity index (χ0n) is 8.34. The maximum absolute atomic E-state index is 9.02. The van der Waals surface area contributed by atoms with Crippen molar-refractivity contribution in [3.8, 4) is 0 Å². The minimum atomic E-state index is 0.0202. The van der Waals surface area contributed by atoms with E-state index in [9.17, 15) is 0 Å². The first-order valence-corrected chi connectivity index (χ1v) is 4.80. The van der Waals surface area contributed by atoms with Crippen LogP contribution >= 0.6 is 0 Å². The van der Waals surface area contributed by atoms with Gasteiger partial charge >= 0.3 is 0 Å². The third kappa shape index (κ3) is 2.46. The van der Waals surface area contributed by atoms with Crippen molar-refractivity contribution in [1.82, 2.24) is 0 Å². The highest BCUT2D eigenvalue weighted by atomic mass is 16.5. The van der Waals surface area contributed by atoms with Crippen molar-refractivity contribution in [3.63, 3.8) is 0 Å². The van der Waals surface area contributed by atoms with Crippen LogP contribution in [0.2, 0.25) is 0 Å². The van der Waals surface area contributed by atoms with Crippen LogP contribution in [0.3, 0.4) is 0 Å². The van der Waals surface area contributed by atoms with Crippen molar-refractivity contribution >= 4 is 0 Å². The molecule has 0 radical (unpaired) electrons. The van der Waals surface area contributed by atoms with E-state index in [0.29, 0.717) is 18.4 Å². The minimum absolute atomic E-state index is 0.0202. The largest absolute Gasteiger partial charge is 0.396 e. The van der Waals surface area contributed by atoms with E-state index in [1.54, 1.807) is 0 Å². The average molecular weight is 172 g/mol. The fourth-order valence-electron chi connectivity index (χ4n) is 1.91. The van der Waals surface area contributed by atoms with Crippen LogP contribution in [0.15, 0.2) is 0 Å². The lowest BCUT2D eigenvalue weighted by Crippen LogP contribution is -2.36. The van der Waals surface area contributed by atoms with Gasteiger partial charge in [-0.05, 0) is 38.5 Å². The molecule has 2 nitrogen and oxygen atoms in total. The lowest BCUT2D eigenvalue weighted by Gasteiger charge is -2.37. The molecule has 2 atom stereocenters. The Morgan fingerprint density at radius 3 is 2.75 bits per heavy atom. The number of hydrogen-bond acceptors (Lipinski definition) is 2. The van der Waals surface area contributed by atoms with E-state index in [1.807, 2.05) is 0 Å². The Morgan fingerprint density at radius 2 is 2.25 bits per heavy atom. The first-order valence-electron chi connectivity index (χ1n) is 4.80. The molecule has 0 aliphatic carbocycles. The molecule has 1 saturated heterocycles. The first kappa shape index (κ1) is 10.0. The van der Waals surface area contributed by atoms with E-state index in [0.717, 1.165) is 19.4 Å². The van der Waals surface area contributed by atoms with Crippen LogP contribution in [-0.4, -0.2) is 23.9 Å². The molecular formula is C10H20O2. The van der Waals surface area contributed by atoms with E-state index in [1.165, 1.54) is 0 Å². The van der Waals surface area contributed by atoms with E-state index < -0.39 is 0 Å². The smallest absolute Gasteiger partial charge is 0.0629 e. The summed E-state index contributed by atoms with van der Waals surface area (Å²) < 4.78 is 5.61. The van der Waals surface area contributed by atoms with Gasteiger partial charge in [-0.3, -0.25) is 0 Å². The Hall–Kier alpha value is -0.0800. The zero-order valence-corrected chi connectivity index (χ0v) is 8.34. The van der Waals surface area contributed by atoms with E-state index >= 15 is 0 Å². The third-order valence-electron chi connectivity index (χ3n) is 2.83. The monoisotopic (exact) mass is 172 g/mol. The maximum atomic E-state index is 9.02. The fourth-order valence-corrected chi connectivity index (χ4v) is 1.91. The zero-order chi connectivity index (χ0) is 9.19. The van der Waals surface area contributed by atoms with Gasteiger partial charge in [-0.1, -0.05) is 6.92 Å². The quantitative estimate of drug-likeness (QED) is 0.688. The summed E-state index contributed by atoms with van der Waals surface area (Å²) in [4.78, 5) is 0. The number of aliphatic hydroxyl groups is 1. The summed E-state index contributed by atoms with van der Waals surface area (Å²) in [7, 11) is 0. The Morgan fingerprint density at radius 1 is 1.58 bits per heavy atom. The van der Waals surface area contributed by atoms with Crippen molar-refractivity contribution in [3.05, 3.63) is 0 Å². The predicted molar refractivity (Wildman–Crippen MR) is 49.0 cm³/mol. The molecule has 0 aromatic rings. The first-order chi connectivity index (χ1) is 5.55. The molecule has 0 saturated carbocycles. The van der Waals surface area contributed by atoms with Crippen molar-refractivity contribution in [2.45, 2.75) is 39.2 Å². The molecule has 72 valence electrons. The molecule has 1 rings (SSSR count). The second kappa shape index (κ2) is 3.75. The fraction of sp³-hybridized carbons (Fsp3) is 1.00. The van der Waals surface area contributed by atoms with Crippen molar-refractivity contribution < 1.29 is 9.84 Å². The summed E-state index contributed by atoms with van der Waals surface area (Å²) in [5, 5.41) is 9.02. The van der Waals surface area contributed by atoms with Gasteiger partial charge in [0.05, 0.1) is 5.60 Å². The lowest BCUT2D eigenvalue weighted by molar-refractivity contribution is -0.0844. The number of ether oxygens (including phenoxy) is 1. The molecule has 1 aliphatic rings. The standard InChI is InChI=1S/C10H20O2/c1-8(7-11)9-4-5-12-10(2,3)6-9/h8-9,11H,4-7H2,1-3H3. The average Bonchev–Trinajstić information content (AvgIpc) is 2.01. The molecule has 0 spiro atoms. The van der Waals surface area contributed by atoms with Crippen LogP contribution in [0.1, 0.15) is 33.6 Å². The molecule has 1 fully saturated rings. The molecule has 0 bridgehead atoms. The van der Waals surface area contributed by atoms with Gasteiger partial charge < -0.3 is 9.84 Å². The summed E-state index contributed by atoms with van der Waals surface area (Å²) >= 11 is 0. The topological polar surface area (TPSA) is 29.5 Å². The summed E-state index contributed by atoms with van der Waals surface area (Å²) in [5.41, 5.74) is 0.0202. The van der Waals surface area contributed by atoms with Crippen molar-refractivity contribution in [2.75, 3.05) is 13.2 Å². The van der Waals surface area contributed by atoms with Crippen LogP contribution < -0.4 is 0 Å². The second-order valence-corrected chi connectivity index (χ2v) is 4.52. The normalized spacial score (nSPS) is 31.5. The van der Waals surface area contributed by atoms with Crippen LogP contribution in [0.25, 0.3) is 0 Å². The van der Waals surface area contributed by atoms with E-state index in [-0.39, 0.29) is 5.60 Å². The maximum Gasteiger partial charge on any atom is 0.0629 e. The van der Waals surface area contributed by atoms with Crippen LogP contribution in [0.4, 0.5) is 0 Å². The minimum Gasteiger partial charge on any atom is -0.396 e. The van der Waals surface area contributed by atoms with Crippen LogP contribution in [0.5, 0.6) is 0 Å². The lowest BCUT2D eigenvalue weighted by atomic mass is 9.81. The van der Waals surface area contributed by atoms with Crippen molar-refractivity contribution in [2.24, 2.45) is 11.8 Å². The highest BCUT2D eigenvalue weighted by Gasteiger charge is 2.31. The Kier molecular flexibility index (Phi) is 3.13. The van der Waals surface area contributed by atoms with Gasteiger partial charge in [-0.2, -0.15) is 0 Å². The van der Waals surface area contributed by atoms with Gasteiger partial charge in [0.1, 0.15) is 0 Å². The molecule has 2 heteroatoms. The second-order valence-electron chi connectivity index (χ2n) is 4.52. The molecular weight excluding hydrogens is 152 g/mol. The summed E-state index contributed by atoms with van der Waals surface area (Å²) in [6.45, 7) is 7.53. The van der Waals surface area contributed by atoms with E-state index in [2.05, 4.69) is 20.8 Å². The molecule has 12 heavy (non-hydrogen) atoms. The summed E-state index contributed by atoms with van der Waals surface area (Å²) in [6, 6.07) is 0. The van der Waals surface area contributed by atoms with Gasteiger partial charge in [-0.15, -0.1) is 0 Å². The predicted octanol–water partition coefficient (Wildman–Crippen LogP) is 1.82. The van der Waals surface area contributed by atoms with Crippen molar-refractivity contribution in [1.29, 1.82) is 0 Å². The summed E-state index contributed by atoms with van der Waals surface area (Å²) in [5.74, 6) is 1.06. The number of rotatable bonds is 2. The molecule has 1 heterocycles. The third-order valence-corrected chi connectivity index (χ3v) is 2.83. The molecule has 0 amide bonds. The van der Waals surface area contributed by atoms with Gasteiger partial charge in [0.25, 0.3) is 0 Å². The molecule has 1 aliphatic heterocycles. The Labute approximate surface area is 74.9 Å². The molecule has 2 unspecified atom stereocenters. The number of hydrogen-bond donors (Lipinski definition) is 1. The van der Waals surface area contributed by atoms with Crippen LogP contribution in [0, 0.1) is 11.8 Å². The SMILES string of the molecule is CC(CO)C1CCOC(C)(C)C1. The molecule has 0 aromatic heterocycles.